The number of carbonyl (C=O) groups is 2. The third-order valence-corrected chi connectivity index (χ3v) is 4.30. The second kappa shape index (κ2) is 9.78. The lowest BCUT2D eigenvalue weighted by molar-refractivity contribution is -0.133. The Balaban J connectivity index is 1.83. The molecular formula is C22H28N2O4. The van der Waals surface area contributed by atoms with E-state index in [1.807, 2.05) is 56.3 Å². The Hall–Kier alpha value is -3.02. The summed E-state index contributed by atoms with van der Waals surface area (Å²) in [6.45, 7) is 9.38. The van der Waals surface area contributed by atoms with Gasteiger partial charge in [-0.2, -0.15) is 0 Å². The van der Waals surface area contributed by atoms with E-state index in [9.17, 15) is 9.59 Å². The van der Waals surface area contributed by atoms with Crippen molar-refractivity contribution in [1.29, 1.82) is 0 Å². The molecule has 28 heavy (non-hydrogen) atoms. The lowest BCUT2D eigenvalue weighted by Crippen LogP contribution is -2.48. The van der Waals surface area contributed by atoms with E-state index in [0.29, 0.717) is 11.5 Å². The van der Waals surface area contributed by atoms with Gasteiger partial charge in [0, 0.05) is 0 Å². The van der Waals surface area contributed by atoms with Gasteiger partial charge in [0.2, 0.25) is 0 Å². The predicted molar refractivity (Wildman–Crippen MR) is 108 cm³/mol. The van der Waals surface area contributed by atoms with Crippen molar-refractivity contribution in [2.75, 3.05) is 6.61 Å². The second-order valence-corrected chi connectivity index (χ2v) is 7.00. The highest BCUT2D eigenvalue weighted by Gasteiger charge is 2.17. The van der Waals surface area contributed by atoms with E-state index in [-0.39, 0.29) is 12.5 Å². The minimum Gasteiger partial charge on any atom is -0.483 e. The highest BCUT2D eigenvalue weighted by molar-refractivity contribution is 5.85. The molecule has 2 rings (SSSR count). The average molecular weight is 384 g/mol. The molecule has 0 fully saturated rings. The van der Waals surface area contributed by atoms with Crippen molar-refractivity contribution in [3.8, 4) is 11.5 Å². The number of para-hydroxylation sites is 2. The van der Waals surface area contributed by atoms with Crippen LogP contribution in [0.15, 0.2) is 42.5 Å². The van der Waals surface area contributed by atoms with Crippen molar-refractivity contribution >= 4 is 11.8 Å². The van der Waals surface area contributed by atoms with Crippen LogP contribution in [-0.2, 0) is 9.59 Å². The molecule has 0 unspecified atom stereocenters. The van der Waals surface area contributed by atoms with Gasteiger partial charge < -0.3 is 9.47 Å². The molecule has 0 aliphatic rings. The monoisotopic (exact) mass is 384 g/mol. The first kappa shape index (κ1) is 21.3. The maximum Gasteiger partial charge on any atom is 0.279 e. The summed E-state index contributed by atoms with van der Waals surface area (Å²) in [6, 6.07) is 13.3. The van der Waals surface area contributed by atoms with Crippen molar-refractivity contribution in [3.05, 3.63) is 59.2 Å². The standard InChI is InChI=1S/C22H28N2O4/c1-14(2)18-11-6-7-12-19(18)27-13-20(25)23-24-22(26)17(5)28-21-15(3)9-8-10-16(21)4/h6-12,14,17H,13H2,1-5H3,(H,23,25)(H,24,26)/t17-/m0/s1. The fraction of sp³-hybridized carbons (Fsp3) is 0.364. The zero-order chi connectivity index (χ0) is 20.7. The number of hydrogen-bond donors (Lipinski definition) is 2. The van der Waals surface area contributed by atoms with Gasteiger partial charge in [-0.25, -0.2) is 0 Å². The van der Waals surface area contributed by atoms with E-state index in [1.54, 1.807) is 6.92 Å². The Morgan fingerprint density at radius 1 is 0.929 bits per heavy atom. The number of aryl methyl sites for hydroxylation is 2. The summed E-state index contributed by atoms with van der Waals surface area (Å²) in [7, 11) is 0. The van der Waals surface area contributed by atoms with Gasteiger partial charge in [-0.15, -0.1) is 0 Å². The summed E-state index contributed by atoms with van der Waals surface area (Å²) in [5.74, 6) is 0.711. The van der Waals surface area contributed by atoms with Crippen molar-refractivity contribution < 1.29 is 19.1 Å². The molecule has 0 aromatic heterocycles. The number of amides is 2. The summed E-state index contributed by atoms with van der Waals surface area (Å²) < 4.78 is 11.3. The Bertz CT molecular complexity index is 813. The molecule has 2 aromatic carbocycles. The Kier molecular flexibility index (Phi) is 7.44. The lowest BCUT2D eigenvalue weighted by atomic mass is 10.0. The number of nitrogens with one attached hydrogen (secondary N) is 2. The summed E-state index contributed by atoms with van der Waals surface area (Å²) in [6.07, 6.45) is -0.761. The molecule has 0 bridgehead atoms. The molecule has 0 saturated carbocycles. The zero-order valence-electron chi connectivity index (χ0n) is 17.0. The molecule has 6 nitrogen and oxygen atoms in total. The average Bonchev–Trinajstić information content (AvgIpc) is 2.67. The zero-order valence-corrected chi connectivity index (χ0v) is 17.0. The van der Waals surface area contributed by atoms with E-state index in [1.165, 1.54) is 0 Å². The van der Waals surface area contributed by atoms with Gasteiger partial charge in [-0.3, -0.25) is 20.4 Å². The molecule has 0 aliphatic carbocycles. The predicted octanol–water partition coefficient (Wildman–Crippen LogP) is 3.42. The minimum atomic E-state index is -0.761. The van der Waals surface area contributed by atoms with Gasteiger partial charge in [0.1, 0.15) is 11.5 Å². The number of hydrogen-bond acceptors (Lipinski definition) is 4. The first-order valence-corrected chi connectivity index (χ1v) is 9.33. The van der Waals surface area contributed by atoms with Crippen molar-refractivity contribution in [2.24, 2.45) is 0 Å². The van der Waals surface area contributed by atoms with Crippen LogP contribution in [0.2, 0.25) is 0 Å². The Labute approximate surface area is 166 Å². The summed E-state index contributed by atoms with van der Waals surface area (Å²) in [5.41, 5.74) is 7.64. The Morgan fingerprint density at radius 2 is 1.57 bits per heavy atom. The number of rotatable bonds is 7. The first-order chi connectivity index (χ1) is 13.3. The molecule has 2 amide bonds. The molecule has 2 N–H and O–H groups in total. The van der Waals surface area contributed by atoms with Crippen LogP contribution in [0.1, 0.15) is 43.4 Å². The number of carbonyl (C=O) groups excluding carboxylic acids is 2. The third kappa shape index (κ3) is 5.74. The fourth-order valence-corrected chi connectivity index (χ4v) is 2.72. The first-order valence-electron chi connectivity index (χ1n) is 9.33. The van der Waals surface area contributed by atoms with Crippen LogP contribution >= 0.6 is 0 Å². The van der Waals surface area contributed by atoms with Crippen LogP contribution in [0, 0.1) is 13.8 Å². The van der Waals surface area contributed by atoms with E-state index < -0.39 is 17.9 Å². The summed E-state index contributed by atoms with van der Waals surface area (Å²) >= 11 is 0. The Morgan fingerprint density at radius 3 is 2.21 bits per heavy atom. The van der Waals surface area contributed by atoms with E-state index >= 15 is 0 Å². The molecule has 2 aromatic rings. The van der Waals surface area contributed by atoms with Crippen LogP contribution < -0.4 is 20.3 Å². The molecule has 0 radical (unpaired) electrons. The highest BCUT2D eigenvalue weighted by Crippen LogP contribution is 2.25. The molecule has 0 spiro atoms. The normalized spacial score (nSPS) is 11.6. The quantitative estimate of drug-likeness (QED) is 0.717. The van der Waals surface area contributed by atoms with E-state index in [2.05, 4.69) is 24.7 Å². The molecule has 0 heterocycles. The molecule has 1 atom stereocenters. The van der Waals surface area contributed by atoms with E-state index in [4.69, 9.17) is 9.47 Å². The van der Waals surface area contributed by atoms with Gasteiger partial charge >= 0.3 is 0 Å². The topological polar surface area (TPSA) is 76.7 Å². The molecular weight excluding hydrogens is 356 g/mol. The second-order valence-electron chi connectivity index (χ2n) is 7.00. The number of benzene rings is 2. The maximum atomic E-state index is 12.2. The molecule has 0 saturated heterocycles. The summed E-state index contributed by atoms with van der Waals surface area (Å²) in [4.78, 5) is 24.2. The largest absolute Gasteiger partial charge is 0.483 e. The molecule has 6 heteroatoms. The maximum absolute atomic E-state index is 12.2. The van der Waals surface area contributed by atoms with E-state index in [0.717, 1.165) is 16.7 Å². The molecule has 0 aliphatic heterocycles. The van der Waals surface area contributed by atoms with Gasteiger partial charge in [-0.1, -0.05) is 50.2 Å². The third-order valence-electron chi connectivity index (χ3n) is 4.30. The number of ether oxygens (including phenoxy) is 2. The fourth-order valence-electron chi connectivity index (χ4n) is 2.72. The van der Waals surface area contributed by atoms with Crippen LogP contribution in [0.5, 0.6) is 11.5 Å². The van der Waals surface area contributed by atoms with Crippen LogP contribution in [0.4, 0.5) is 0 Å². The van der Waals surface area contributed by atoms with Crippen molar-refractivity contribution in [2.45, 2.75) is 46.6 Å². The smallest absolute Gasteiger partial charge is 0.279 e. The highest BCUT2D eigenvalue weighted by atomic mass is 16.5. The van der Waals surface area contributed by atoms with Gasteiger partial charge in [0.15, 0.2) is 12.7 Å². The SMILES string of the molecule is Cc1cccc(C)c1O[C@@H](C)C(=O)NNC(=O)COc1ccccc1C(C)C. The van der Waals surface area contributed by atoms with Crippen LogP contribution in [0.3, 0.4) is 0 Å². The van der Waals surface area contributed by atoms with Gasteiger partial charge in [0.05, 0.1) is 0 Å². The van der Waals surface area contributed by atoms with Gasteiger partial charge in [0.25, 0.3) is 11.8 Å². The minimum absolute atomic E-state index is 0.198. The summed E-state index contributed by atoms with van der Waals surface area (Å²) in [5, 5.41) is 0. The van der Waals surface area contributed by atoms with Gasteiger partial charge in [-0.05, 0) is 49.4 Å². The van der Waals surface area contributed by atoms with Crippen molar-refractivity contribution in [1.82, 2.24) is 10.9 Å². The number of hydrazine groups is 1. The van der Waals surface area contributed by atoms with Crippen LogP contribution in [0.25, 0.3) is 0 Å². The van der Waals surface area contributed by atoms with Crippen LogP contribution in [-0.4, -0.2) is 24.5 Å². The molecule has 150 valence electrons. The van der Waals surface area contributed by atoms with Crippen molar-refractivity contribution in [3.63, 3.8) is 0 Å². The lowest BCUT2D eigenvalue weighted by Gasteiger charge is -2.18.